The maximum atomic E-state index is 12.1. The lowest BCUT2D eigenvalue weighted by atomic mass is 9.85. The van der Waals surface area contributed by atoms with Gasteiger partial charge in [-0.15, -0.1) is 0 Å². The van der Waals surface area contributed by atoms with Crippen molar-refractivity contribution in [3.05, 3.63) is 12.2 Å². The first-order valence-corrected chi connectivity index (χ1v) is 6.83. The molecule has 0 saturated carbocycles. The molecule has 1 heterocycles. The number of carboxylic acids is 1. The van der Waals surface area contributed by atoms with Crippen molar-refractivity contribution in [2.45, 2.75) is 38.5 Å². The molecule has 5 heteroatoms. The van der Waals surface area contributed by atoms with E-state index in [2.05, 4.69) is 0 Å². The van der Waals surface area contributed by atoms with Crippen molar-refractivity contribution in [2.24, 2.45) is 11.8 Å². The van der Waals surface area contributed by atoms with E-state index < -0.39 is 5.97 Å². The molecule has 0 unspecified atom stereocenters. The van der Waals surface area contributed by atoms with Crippen LogP contribution in [-0.4, -0.2) is 34.3 Å². The van der Waals surface area contributed by atoms with Crippen molar-refractivity contribution in [3.63, 3.8) is 0 Å². The molecule has 0 bridgehead atoms. The number of aliphatic carboxylic acids is 1. The second-order valence-corrected chi connectivity index (χ2v) is 5.19. The maximum absolute atomic E-state index is 12.1. The van der Waals surface area contributed by atoms with Gasteiger partial charge >= 0.3 is 5.97 Å². The Balaban J connectivity index is 1.80. The van der Waals surface area contributed by atoms with Crippen LogP contribution < -0.4 is 0 Å². The molecule has 1 N–H and O–H groups in total. The maximum Gasteiger partial charge on any atom is 0.303 e. The van der Waals surface area contributed by atoms with E-state index >= 15 is 0 Å². The molecule has 2 aliphatic rings. The van der Waals surface area contributed by atoms with Crippen LogP contribution in [0.3, 0.4) is 0 Å². The fraction of sp³-hybridized carbons (Fsp3) is 0.643. The summed E-state index contributed by atoms with van der Waals surface area (Å²) < 4.78 is 0. The van der Waals surface area contributed by atoms with Crippen molar-refractivity contribution in [2.75, 3.05) is 6.54 Å². The number of amides is 2. The summed E-state index contributed by atoms with van der Waals surface area (Å²) >= 11 is 0. The highest BCUT2D eigenvalue weighted by atomic mass is 16.4. The van der Waals surface area contributed by atoms with Gasteiger partial charge in [-0.25, -0.2) is 0 Å². The van der Waals surface area contributed by atoms with Gasteiger partial charge in [0.15, 0.2) is 0 Å². The van der Waals surface area contributed by atoms with Gasteiger partial charge in [0.1, 0.15) is 0 Å². The number of unbranched alkanes of at least 4 members (excludes halogenated alkanes) is 2. The first kappa shape index (κ1) is 13.8. The number of fused-ring (bicyclic) bond motifs is 1. The molecule has 0 spiro atoms. The number of allylic oxidation sites excluding steroid dienone is 2. The third-order valence-corrected chi connectivity index (χ3v) is 3.87. The van der Waals surface area contributed by atoms with E-state index in [1.54, 1.807) is 0 Å². The van der Waals surface area contributed by atoms with E-state index in [0.29, 0.717) is 32.2 Å². The van der Waals surface area contributed by atoms with Crippen molar-refractivity contribution in [1.29, 1.82) is 0 Å². The lowest BCUT2D eigenvalue weighted by molar-refractivity contribution is -0.140. The van der Waals surface area contributed by atoms with Crippen LogP contribution in [0.15, 0.2) is 12.2 Å². The first-order valence-electron chi connectivity index (χ1n) is 6.83. The average Bonchev–Trinajstić information content (AvgIpc) is 2.63. The first-order chi connectivity index (χ1) is 9.11. The highest BCUT2D eigenvalue weighted by Gasteiger charge is 2.46. The fourth-order valence-corrected chi connectivity index (χ4v) is 2.81. The molecule has 2 rings (SSSR count). The Labute approximate surface area is 112 Å². The molecule has 104 valence electrons. The van der Waals surface area contributed by atoms with Gasteiger partial charge in [0, 0.05) is 13.0 Å². The van der Waals surface area contributed by atoms with E-state index in [-0.39, 0.29) is 30.1 Å². The Bertz CT molecular complexity index is 390. The summed E-state index contributed by atoms with van der Waals surface area (Å²) in [6, 6.07) is 0. The van der Waals surface area contributed by atoms with E-state index in [0.717, 1.165) is 6.42 Å². The number of carbonyl (C=O) groups excluding carboxylic acids is 2. The normalized spacial score (nSPS) is 25.8. The second-order valence-electron chi connectivity index (χ2n) is 5.19. The third-order valence-electron chi connectivity index (χ3n) is 3.87. The Hall–Kier alpha value is -1.65. The predicted octanol–water partition coefficient (Wildman–Crippen LogP) is 1.58. The number of hydrogen-bond acceptors (Lipinski definition) is 3. The molecule has 0 aromatic rings. The molecule has 0 aromatic heterocycles. The number of carbonyl (C=O) groups is 3. The second kappa shape index (κ2) is 5.99. The molecule has 2 amide bonds. The Morgan fingerprint density at radius 3 is 2.21 bits per heavy atom. The summed E-state index contributed by atoms with van der Waals surface area (Å²) in [4.78, 5) is 35.9. The monoisotopic (exact) mass is 265 g/mol. The van der Waals surface area contributed by atoms with Gasteiger partial charge in [-0.05, 0) is 25.7 Å². The Kier molecular flexibility index (Phi) is 4.35. The minimum atomic E-state index is -0.801. The predicted molar refractivity (Wildman–Crippen MR) is 68.2 cm³/mol. The van der Waals surface area contributed by atoms with E-state index in [9.17, 15) is 14.4 Å². The van der Waals surface area contributed by atoms with Crippen molar-refractivity contribution >= 4 is 17.8 Å². The van der Waals surface area contributed by atoms with E-state index in [1.165, 1.54) is 4.90 Å². The zero-order valence-electron chi connectivity index (χ0n) is 10.9. The molecule has 1 saturated heterocycles. The largest absolute Gasteiger partial charge is 0.481 e. The lowest BCUT2D eigenvalue weighted by Crippen LogP contribution is -2.32. The standard InChI is InChI=1S/C14H19NO4/c16-12(17)8-2-1-5-9-15-13(18)10-6-3-4-7-11(10)14(15)19/h3-4,10-11H,1-2,5-9H2,(H,16,17)/t10-,11-/m0/s1. The van der Waals surface area contributed by atoms with Crippen LogP contribution in [0, 0.1) is 11.8 Å². The SMILES string of the molecule is O=C(O)CCCCCN1C(=O)[C@H]2CC=CC[C@@H]2C1=O. The Morgan fingerprint density at radius 1 is 1.11 bits per heavy atom. The Morgan fingerprint density at radius 2 is 1.68 bits per heavy atom. The quantitative estimate of drug-likeness (QED) is 0.449. The summed E-state index contributed by atoms with van der Waals surface area (Å²) in [6.45, 7) is 0.435. The highest BCUT2D eigenvalue weighted by molar-refractivity contribution is 6.05. The third kappa shape index (κ3) is 3.03. The number of carboxylic acid groups (broad SMARTS) is 1. The van der Waals surface area contributed by atoms with Gasteiger partial charge in [-0.1, -0.05) is 18.6 Å². The van der Waals surface area contributed by atoms with Crippen LogP contribution >= 0.6 is 0 Å². The van der Waals surface area contributed by atoms with Crippen molar-refractivity contribution in [1.82, 2.24) is 4.90 Å². The highest BCUT2D eigenvalue weighted by Crippen LogP contribution is 2.35. The molecule has 1 fully saturated rings. The minimum absolute atomic E-state index is 0.0439. The van der Waals surface area contributed by atoms with Gasteiger partial charge in [0.2, 0.25) is 11.8 Å². The van der Waals surface area contributed by atoms with Gasteiger partial charge in [-0.2, -0.15) is 0 Å². The van der Waals surface area contributed by atoms with Crippen LogP contribution in [0.4, 0.5) is 0 Å². The van der Waals surface area contributed by atoms with Crippen LogP contribution in [0.1, 0.15) is 38.5 Å². The van der Waals surface area contributed by atoms with Crippen LogP contribution in [0.25, 0.3) is 0 Å². The number of hydrogen-bond donors (Lipinski definition) is 1. The van der Waals surface area contributed by atoms with Gasteiger partial charge in [0.05, 0.1) is 11.8 Å². The molecular formula is C14H19NO4. The molecule has 19 heavy (non-hydrogen) atoms. The summed E-state index contributed by atoms with van der Waals surface area (Å²) in [5.74, 6) is -1.20. The van der Waals surface area contributed by atoms with E-state index in [4.69, 9.17) is 5.11 Å². The van der Waals surface area contributed by atoms with Gasteiger partial charge in [0.25, 0.3) is 0 Å². The van der Waals surface area contributed by atoms with Crippen LogP contribution in [0.2, 0.25) is 0 Å². The molecule has 5 nitrogen and oxygen atoms in total. The summed E-state index contributed by atoms with van der Waals surface area (Å²) in [5.41, 5.74) is 0. The zero-order valence-corrected chi connectivity index (χ0v) is 10.9. The number of imide groups is 1. The minimum Gasteiger partial charge on any atom is -0.481 e. The lowest BCUT2D eigenvalue weighted by Gasteiger charge is -2.14. The van der Waals surface area contributed by atoms with E-state index in [1.807, 2.05) is 12.2 Å². The molecule has 2 atom stereocenters. The van der Waals surface area contributed by atoms with Gasteiger partial charge in [-0.3, -0.25) is 19.3 Å². The summed E-state index contributed by atoms with van der Waals surface area (Å²) in [6.07, 6.45) is 7.46. The summed E-state index contributed by atoms with van der Waals surface area (Å²) in [5, 5.41) is 8.52. The van der Waals surface area contributed by atoms with Crippen LogP contribution in [0.5, 0.6) is 0 Å². The average molecular weight is 265 g/mol. The van der Waals surface area contributed by atoms with Gasteiger partial charge < -0.3 is 5.11 Å². The number of rotatable bonds is 6. The molecule has 1 aliphatic carbocycles. The van der Waals surface area contributed by atoms with Crippen LogP contribution in [-0.2, 0) is 14.4 Å². The molecule has 0 aromatic carbocycles. The molecular weight excluding hydrogens is 246 g/mol. The zero-order chi connectivity index (χ0) is 13.8. The molecule has 1 aliphatic heterocycles. The summed E-state index contributed by atoms with van der Waals surface area (Å²) in [7, 11) is 0. The molecule has 0 radical (unpaired) electrons. The van der Waals surface area contributed by atoms with Crippen molar-refractivity contribution in [3.8, 4) is 0 Å². The number of likely N-dealkylation sites (tertiary alicyclic amines) is 1. The van der Waals surface area contributed by atoms with Crippen molar-refractivity contribution < 1.29 is 19.5 Å². The smallest absolute Gasteiger partial charge is 0.303 e. The topological polar surface area (TPSA) is 74.7 Å². The number of nitrogens with zero attached hydrogens (tertiary/aromatic N) is 1. The fourth-order valence-electron chi connectivity index (χ4n) is 2.81.